The Morgan fingerprint density at radius 1 is 1.18 bits per heavy atom. The molecule has 0 aliphatic rings. The topological polar surface area (TPSA) is 24.9 Å². The van der Waals surface area contributed by atoms with Crippen molar-refractivity contribution in [2.24, 2.45) is 0 Å². The van der Waals surface area contributed by atoms with Gasteiger partial charge in [-0.05, 0) is 47.0 Å². The van der Waals surface area contributed by atoms with Gasteiger partial charge in [0.25, 0.3) is 0 Å². The van der Waals surface area contributed by atoms with Crippen molar-refractivity contribution in [3.63, 3.8) is 0 Å². The third-order valence-corrected chi connectivity index (χ3v) is 3.06. The lowest BCUT2D eigenvalue weighted by molar-refractivity contribution is 1.09. The van der Waals surface area contributed by atoms with Crippen LogP contribution in [0, 0.1) is 13.8 Å². The van der Waals surface area contributed by atoms with Gasteiger partial charge in [-0.1, -0.05) is 29.8 Å². The largest absolute Gasteiger partial charge is 0.366 e. The Balaban J connectivity index is 2.04. The Labute approximate surface area is 110 Å². The molecule has 0 fully saturated rings. The number of pyridine rings is 1. The molecule has 0 radical (unpaired) electrons. The molecular weight excluding hydrogens is 276 g/mol. The number of benzene rings is 1. The monoisotopic (exact) mass is 290 g/mol. The van der Waals surface area contributed by atoms with E-state index in [1.54, 1.807) is 0 Å². The molecule has 0 saturated carbocycles. The molecule has 2 rings (SSSR count). The minimum atomic E-state index is 0.801. The molecule has 17 heavy (non-hydrogen) atoms. The fourth-order valence-electron chi connectivity index (χ4n) is 1.62. The van der Waals surface area contributed by atoms with Gasteiger partial charge < -0.3 is 5.32 Å². The van der Waals surface area contributed by atoms with E-state index in [0.717, 1.165) is 22.4 Å². The smallest absolute Gasteiger partial charge is 0.129 e. The Bertz CT molecular complexity index is 506. The van der Waals surface area contributed by atoms with Crippen molar-refractivity contribution in [1.29, 1.82) is 0 Å². The van der Waals surface area contributed by atoms with Crippen molar-refractivity contribution in [3.05, 3.63) is 57.7 Å². The van der Waals surface area contributed by atoms with Crippen LogP contribution in [0.3, 0.4) is 0 Å². The van der Waals surface area contributed by atoms with Crippen LogP contribution >= 0.6 is 15.9 Å². The normalized spacial score (nSPS) is 10.3. The summed E-state index contributed by atoms with van der Waals surface area (Å²) in [4.78, 5) is 4.35. The lowest BCUT2D eigenvalue weighted by atomic mass is 10.1. The number of hydrogen-bond acceptors (Lipinski definition) is 2. The fraction of sp³-hybridized carbons (Fsp3) is 0.214. The predicted octanol–water partition coefficient (Wildman–Crippen LogP) is 4.07. The summed E-state index contributed by atoms with van der Waals surface area (Å²) in [5.74, 6) is 0.939. The molecule has 2 aromatic rings. The first-order valence-electron chi connectivity index (χ1n) is 5.57. The molecule has 1 aromatic heterocycles. The van der Waals surface area contributed by atoms with E-state index in [0.29, 0.717) is 0 Å². The summed E-state index contributed by atoms with van der Waals surface area (Å²) in [6, 6.07) is 10.6. The molecular formula is C14H15BrN2. The lowest BCUT2D eigenvalue weighted by Crippen LogP contribution is -2.02. The van der Waals surface area contributed by atoms with Gasteiger partial charge in [0.1, 0.15) is 5.82 Å². The van der Waals surface area contributed by atoms with Crippen molar-refractivity contribution in [1.82, 2.24) is 4.98 Å². The van der Waals surface area contributed by atoms with Gasteiger partial charge in [0.2, 0.25) is 0 Å². The third kappa shape index (κ3) is 3.30. The van der Waals surface area contributed by atoms with Gasteiger partial charge in [-0.25, -0.2) is 4.98 Å². The maximum atomic E-state index is 4.35. The first-order valence-corrected chi connectivity index (χ1v) is 6.36. The number of anilines is 1. The van der Waals surface area contributed by atoms with E-state index >= 15 is 0 Å². The summed E-state index contributed by atoms with van der Waals surface area (Å²) in [6.45, 7) is 4.95. The predicted molar refractivity (Wildman–Crippen MR) is 75.2 cm³/mol. The standard InChI is InChI=1S/C14H15BrN2/c1-10-3-5-12(6-4-10)8-16-14-11(2)7-13(15)9-17-14/h3-7,9H,8H2,1-2H3,(H,16,17). The average Bonchev–Trinajstić information content (AvgIpc) is 2.30. The Morgan fingerprint density at radius 2 is 1.88 bits per heavy atom. The van der Waals surface area contributed by atoms with E-state index in [1.165, 1.54) is 11.1 Å². The van der Waals surface area contributed by atoms with Crippen LogP contribution < -0.4 is 5.32 Å². The molecule has 1 N–H and O–H groups in total. The summed E-state index contributed by atoms with van der Waals surface area (Å²) in [7, 11) is 0. The van der Waals surface area contributed by atoms with E-state index in [-0.39, 0.29) is 0 Å². The maximum Gasteiger partial charge on any atom is 0.129 e. The molecule has 0 saturated heterocycles. The third-order valence-electron chi connectivity index (χ3n) is 2.63. The zero-order valence-electron chi connectivity index (χ0n) is 10.00. The van der Waals surface area contributed by atoms with Crippen LogP contribution in [0.1, 0.15) is 16.7 Å². The maximum absolute atomic E-state index is 4.35. The van der Waals surface area contributed by atoms with Gasteiger partial charge in [0.05, 0.1) is 0 Å². The van der Waals surface area contributed by atoms with Crippen LogP contribution in [-0.4, -0.2) is 4.98 Å². The van der Waals surface area contributed by atoms with Crippen LogP contribution in [0.25, 0.3) is 0 Å². The number of aryl methyl sites for hydroxylation is 2. The Kier molecular flexibility index (Phi) is 3.79. The lowest BCUT2D eigenvalue weighted by Gasteiger charge is -2.08. The molecule has 1 heterocycles. The number of aromatic nitrogens is 1. The number of hydrogen-bond donors (Lipinski definition) is 1. The minimum absolute atomic E-state index is 0.801. The van der Waals surface area contributed by atoms with Crippen LogP contribution in [-0.2, 0) is 6.54 Å². The van der Waals surface area contributed by atoms with Crippen molar-refractivity contribution in [2.75, 3.05) is 5.32 Å². The highest BCUT2D eigenvalue weighted by molar-refractivity contribution is 9.10. The zero-order valence-corrected chi connectivity index (χ0v) is 11.6. The molecule has 2 nitrogen and oxygen atoms in total. The van der Waals surface area contributed by atoms with Gasteiger partial charge in [-0.2, -0.15) is 0 Å². The second-order valence-corrected chi connectivity index (χ2v) is 5.07. The number of halogens is 1. The minimum Gasteiger partial charge on any atom is -0.366 e. The second-order valence-electron chi connectivity index (χ2n) is 4.16. The van der Waals surface area contributed by atoms with E-state index in [9.17, 15) is 0 Å². The van der Waals surface area contributed by atoms with Gasteiger partial charge in [0, 0.05) is 17.2 Å². The number of rotatable bonds is 3. The van der Waals surface area contributed by atoms with E-state index < -0.39 is 0 Å². The fourth-order valence-corrected chi connectivity index (χ4v) is 2.06. The number of nitrogens with zero attached hydrogens (tertiary/aromatic N) is 1. The van der Waals surface area contributed by atoms with Crippen LogP contribution in [0.2, 0.25) is 0 Å². The highest BCUT2D eigenvalue weighted by Gasteiger charge is 2.00. The Morgan fingerprint density at radius 3 is 2.53 bits per heavy atom. The molecule has 3 heteroatoms. The first-order chi connectivity index (χ1) is 8.15. The van der Waals surface area contributed by atoms with Gasteiger partial charge in [-0.3, -0.25) is 0 Å². The Hall–Kier alpha value is -1.35. The second kappa shape index (κ2) is 5.32. The van der Waals surface area contributed by atoms with Crippen molar-refractivity contribution >= 4 is 21.7 Å². The van der Waals surface area contributed by atoms with E-state index in [1.807, 2.05) is 6.20 Å². The van der Waals surface area contributed by atoms with E-state index in [4.69, 9.17) is 0 Å². The molecule has 1 aromatic carbocycles. The average molecular weight is 291 g/mol. The molecule has 0 unspecified atom stereocenters. The first kappa shape index (κ1) is 12.1. The van der Waals surface area contributed by atoms with Crippen molar-refractivity contribution in [2.45, 2.75) is 20.4 Å². The van der Waals surface area contributed by atoms with Gasteiger partial charge >= 0.3 is 0 Å². The summed E-state index contributed by atoms with van der Waals surface area (Å²) in [5, 5.41) is 3.34. The van der Waals surface area contributed by atoms with Gasteiger partial charge in [-0.15, -0.1) is 0 Å². The molecule has 0 atom stereocenters. The highest BCUT2D eigenvalue weighted by Crippen LogP contribution is 2.17. The van der Waals surface area contributed by atoms with Gasteiger partial charge in [0.15, 0.2) is 0 Å². The van der Waals surface area contributed by atoms with Crippen LogP contribution in [0.15, 0.2) is 41.0 Å². The van der Waals surface area contributed by atoms with Crippen LogP contribution in [0.4, 0.5) is 5.82 Å². The molecule has 0 amide bonds. The van der Waals surface area contributed by atoms with Crippen molar-refractivity contribution in [3.8, 4) is 0 Å². The zero-order chi connectivity index (χ0) is 12.3. The number of nitrogens with one attached hydrogen (secondary N) is 1. The molecule has 0 aliphatic carbocycles. The van der Waals surface area contributed by atoms with Crippen molar-refractivity contribution < 1.29 is 0 Å². The summed E-state index contributed by atoms with van der Waals surface area (Å²) >= 11 is 3.41. The molecule has 0 aliphatic heterocycles. The van der Waals surface area contributed by atoms with E-state index in [2.05, 4.69) is 70.4 Å². The summed E-state index contributed by atoms with van der Waals surface area (Å²) in [5.41, 5.74) is 3.69. The molecule has 0 bridgehead atoms. The summed E-state index contributed by atoms with van der Waals surface area (Å²) in [6.07, 6.45) is 1.81. The van der Waals surface area contributed by atoms with Crippen LogP contribution in [0.5, 0.6) is 0 Å². The molecule has 0 spiro atoms. The summed E-state index contributed by atoms with van der Waals surface area (Å²) < 4.78 is 1.01. The highest BCUT2D eigenvalue weighted by atomic mass is 79.9. The SMILES string of the molecule is Cc1ccc(CNc2ncc(Br)cc2C)cc1. The quantitative estimate of drug-likeness (QED) is 0.922. The molecule has 88 valence electrons.